The summed E-state index contributed by atoms with van der Waals surface area (Å²) in [6.45, 7) is 3.57. The average molecular weight is 461 g/mol. The van der Waals surface area contributed by atoms with Crippen LogP contribution in [0.3, 0.4) is 0 Å². The molecule has 1 unspecified atom stereocenters. The Labute approximate surface area is 195 Å². The second-order valence-corrected chi connectivity index (χ2v) is 7.61. The van der Waals surface area contributed by atoms with E-state index in [-0.39, 0.29) is 11.7 Å². The molecule has 0 fully saturated rings. The largest absolute Gasteiger partial charge is 0.467 e. The number of hydrogen-bond acceptors (Lipinski definition) is 7. The molecule has 3 amide bonds. The lowest BCUT2D eigenvalue weighted by Crippen LogP contribution is -2.44. The van der Waals surface area contributed by atoms with Crippen LogP contribution in [0.1, 0.15) is 30.0 Å². The highest BCUT2D eigenvalue weighted by atomic mass is 16.5. The number of hydrogen-bond donors (Lipinski definition) is 3. The highest BCUT2D eigenvalue weighted by molar-refractivity contribution is 6.00. The summed E-state index contributed by atoms with van der Waals surface area (Å²) in [5.74, 6) is -1.37. The Balaban J connectivity index is 1.64. The van der Waals surface area contributed by atoms with Crippen LogP contribution in [-0.4, -0.2) is 36.2 Å². The van der Waals surface area contributed by atoms with Gasteiger partial charge in [0.05, 0.1) is 18.4 Å². The van der Waals surface area contributed by atoms with Gasteiger partial charge in [-0.1, -0.05) is 43.3 Å². The van der Waals surface area contributed by atoms with Crippen molar-refractivity contribution in [3.8, 4) is 17.3 Å². The standard InChI is InChI=1S/C24H23N5O5/c1-14(2)21(23(31)33-3)28-22(30)20-12-19(29-34-20)15-8-10-17(11-9-15)26-24(32)27-18-7-5-4-6-16(18)13-25/h4-12,14,21H,1-3H3,(H,28,30)(H2,26,27,32). The summed E-state index contributed by atoms with van der Waals surface area (Å²) in [6.07, 6.45) is 0. The Kier molecular flexibility index (Phi) is 7.61. The minimum atomic E-state index is -0.817. The van der Waals surface area contributed by atoms with Gasteiger partial charge in [-0.2, -0.15) is 5.26 Å². The minimum absolute atomic E-state index is 0.0534. The minimum Gasteiger partial charge on any atom is -0.467 e. The predicted molar refractivity (Wildman–Crippen MR) is 124 cm³/mol. The van der Waals surface area contributed by atoms with E-state index in [4.69, 9.17) is 14.5 Å². The number of benzene rings is 2. The van der Waals surface area contributed by atoms with E-state index >= 15 is 0 Å². The number of nitrogens with one attached hydrogen (secondary N) is 3. The number of rotatable bonds is 7. The smallest absolute Gasteiger partial charge is 0.328 e. The van der Waals surface area contributed by atoms with Gasteiger partial charge in [0.15, 0.2) is 0 Å². The van der Waals surface area contributed by atoms with Crippen LogP contribution in [0.2, 0.25) is 0 Å². The van der Waals surface area contributed by atoms with Crippen LogP contribution in [-0.2, 0) is 9.53 Å². The lowest BCUT2D eigenvalue weighted by molar-refractivity contribution is -0.144. The first kappa shape index (κ1) is 24.0. The van der Waals surface area contributed by atoms with E-state index in [0.717, 1.165) is 0 Å². The molecule has 0 saturated heterocycles. The summed E-state index contributed by atoms with van der Waals surface area (Å²) >= 11 is 0. The number of urea groups is 1. The van der Waals surface area contributed by atoms with Crippen LogP contribution >= 0.6 is 0 Å². The van der Waals surface area contributed by atoms with Crippen molar-refractivity contribution in [2.24, 2.45) is 5.92 Å². The van der Waals surface area contributed by atoms with E-state index in [9.17, 15) is 14.4 Å². The van der Waals surface area contributed by atoms with Crippen molar-refractivity contribution in [2.75, 3.05) is 17.7 Å². The summed E-state index contributed by atoms with van der Waals surface area (Å²) in [7, 11) is 1.25. The molecule has 1 heterocycles. The first-order valence-corrected chi connectivity index (χ1v) is 10.4. The molecule has 10 heteroatoms. The maximum Gasteiger partial charge on any atom is 0.328 e. The molecule has 0 aliphatic heterocycles. The van der Waals surface area contributed by atoms with Crippen molar-refractivity contribution in [3.05, 3.63) is 65.9 Å². The van der Waals surface area contributed by atoms with Crippen LogP contribution in [0.4, 0.5) is 16.2 Å². The number of carbonyl (C=O) groups excluding carboxylic acids is 3. The number of ether oxygens (including phenoxy) is 1. The van der Waals surface area contributed by atoms with E-state index in [1.807, 2.05) is 6.07 Å². The van der Waals surface area contributed by atoms with Crippen molar-refractivity contribution in [2.45, 2.75) is 19.9 Å². The fraction of sp³-hybridized carbons (Fsp3) is 0.208. The first-order chi connectivity index (χ1) is 16.3. The van der Waals surface area contributed by atoms with Crippen molar-refractivity contribution >= 4 is 29.3 Å². The van der Waals surface area contributed by atoms with Crippen molar-refractivity contribution in [1.29, 1.82) is 5.26 Å². The molecule has 1 atom stereocenters. The summed E-state index contributed by atoms with van der Waals surface area (Å²) in [4.78, 5) is 36.6. The van der Waals surface area contributed by atoms with Crippen LogP contribution in [0.15, 0.2) is 59.1 Å². The van der Waals surface area contributed by atoms with Gasteiger partial charge in [0.1, 0.15) is 17.8 Å². The maximum atomic E-state index is 12.5. The van der Waals surface area contributed by atoms with Crippen LogP contribution in [0.25, 0.3) is 11.3 Å². The van der Waals surface area contributed by atoms with Crippen LogP contribution < -0.4 is 16.0 Å². The van der Waals surface area contributed by atoms with Gasteiger partial charge in [-0.15, -0.1) is 0 Å². The molecular formula is C24H23N5O5. The van der Waals surface area contributed by atoms with E-state index < -0.39 is 23.9 Å². The SMILES string of the molecule is COC(=O)C(NC(=O)c1cc(-c2ccc(NC(=O)Nc3ccccc3C#N)cc2)no1)C(C)C. The fourth-order valence-electron chi connectivity index (χ4n) is 3.05. The molecule has 0 bridgehead atoms. The number of para-hydroxylation sites is 1. The molecule has 3 rings (SSSR count). The van der Waals surface area contributed by atoms with Crippen LogP contribution in [0, 0.1) is 17.2 Å². The molecule has 10 nitrogen and oxygen atoms in total. The summed E-state index contributed by atoms with van der Waals surface area (Å²) in [5, 5.41) is 20.9. The molecule has 3 aromatic rings. The third-order valence-corrected chi connectivity index (χ3v) is 4.88. The fourth-order valence-corrected chi connectivity index (χ4v) is 3.05. The zero-order valence-electron chi connectivity index (χ0n) is 18.8. The third kappa shape index (κ3) is 5.77. The van der Waals surface area contributed by atoms with Gasteiger partial charge in [0.2, 0.25) is 5.76 Å². The van der Waals surface area contributed by atoms with Gasteiger partial charge >= 0.3 is 12.0 Å². The van der Waals surface area contributed by atoms with Gasteiger partial charge in [-0.05, 0) is 30.2 Å². The molecule has 1 aromatic heterocycles. The average Bonchev–Trinajstić information content (AvgIpc) is 3.33. The number of esters is 1. The van der Waals surface area contributed by atoms with Crippen molar-refractivity contribution in [3.63, 3.8) is 0 Å². The van der Waals surface area contributed by atoms with Gasteiger partial charge in [-0.3, -0.25) is 4.79 Å². The second-order valence-electron chi connectivity index (χ2n) is 7.61. The zero-order valence-corrected chi connectivity index (χ0v) is 18.8. The number of carbonyl (C=O) groups is 3. The molecule has 34 heavy (non-hydrogen) atoms. The molecule has 0 saturated carbocycles. The number of anilines is 2. The van der Waals surface area contributed by atoms with E-state index in [1.54, 1.807) is 62.4 Å². The Morgan fingerprint density at radius 2 is 1.76 bits per heavy atom. The Hall–Kier alpha value is -4.65. The molecule has 0 spiro atoms. The highest BCUT2D eigenvalue weighted by Gasteiger charge is 2.27. The van der Waals surface area contributed by atoms with Gasteiger partial charge in [0.25, 0.3) is 5.91 Å². The van der Waals surface area contributed by atoms with Crippen molar-refractivity contribution < 1.29 is 23.6 Å². The summed E-state index contributed by atoms with van der Waals surface area (Å²) in [6, 6.07) is 15.5. The van der Waals surface area contributed by atoms with E-state index in [2.05, 4.69) is 21.1 Å². The molecule has 174 valence electrons. The van der Waals surface area contributed by atoms with Gasteiger partial charge < -0.3 is 25.2 Å². The molecule has 0 radical (unpaired) electrons. The predicted octanol–water partition coefficient (Wildman–Crippen LogP) is 3.78. The zero-order chi connectivity index (χ0) is 24.7. The lowest BCUT2D eigenvalue weighted by atomic mass is 10.0. The maximum absolute atomic E-state index is 12.5. The van der Waals surface area contributed by atoms with E-state index in [1.165, 1.54) is 13.2 Å². The number of methoxy groups -OCH3 is 1. The highest BCUT2D eigenvalue weighted by Crippen LogP contribution is 2.22. The number of nitrogens with zero attached hydrogens (tertiary/aromatic N) is 2. The van der Waals surface area contributed by atoms with E-state index in [0.29, 0.717) is 28.2 Å². The lowest BCUT2D eigenvalue weighted by Gasteiger charge is -2.18. The van der Waals surface area contributed by atoms with Crippen LogP contribution in [0.5, 0.6) is 0 Å². The topological polar surface area (TPSA) is 146 Å². The Bertz CT molecular complexity index is 1230. The molecule has 2 aromatic carbocycles. The van der Waals surface area contributed by atoms with Gasteiger partial charge in [0, 0.05) is 17.3 Å². The first-order valence-electron chi connectivity index (χ1n) is 10.4. The number of nitriles is 1. The quantitative estimate of drug-likeness (QED) is 0.454. The molecule has 0 aliphatic rings. The normalized spacial score (nSPS) is 11.3. The van der Waals surface area contributed by atoms with Gasteiger partial charge in [-0.25, -0.2) is 9.59 Å². The Morgan fingerprint density at radius 3 is 2.41 bits per heavy atom. The number of amides is 3. The second kappa shape index (κ2) is 10.8. The summed E-state index contributed by atoms with van der Waals surface area (Å²) < 4.78 is 9.86. The molecular weight excluding hydrogens is 438 g/mol. The molecule has 3 N–H and O–H groups in total. The number of aromatic nitrogens is 1. The van der Waals surface area contributed by atoms with Crippen molar-refractivity contribution in [1.82, 2.24) is 10.5 Å². The Morgan fingerprint density at radius 1 is 1.06 bits per heavy atom. The monoisotopic (exact) mass is 461 g/mol. The molecule has 0 aliphatic carbocycles. The summed E-state index contributed by atoms with van der Waals surface area (Å²) in [5.41, 5.74) is 2.32. The third-order valence-electron chi connectivity index (χ3n) is 4.88.